The van der Waals surface area contributed by atoms with Gasteiger partial charge in [-0.3, -0.25) is 4.79 Å². The smallest absolute Gasteiger partial charge is 0.165 e. The van der Waals surface area contributed by atoms with Crippen LogP contribution in [0.4, 0.5) is 0 Å². The summed E-state index contributed by atoms with van der Waals surface area (Å²) in [5.41, 5.74) is 5.52. The molecule has 3 nitrogen and oxygen atoms in total. The topological polar surface area (TPSA) is 45.8 Å². The van der Waals surface area contributed by atoms with E-state index in [1.165, 1.54) is 0 Å². The SMILES string of the molecule is CC1(C)CC(=O)c2c([nH]c(-c3cc(Cl)ncc3Cl)c2Cc2ccccc2)C1. The first-order valence-electron chi connectivity index (χ1n) is 8.96. The largest absolute Gasteiger partial charge is 0.357 e. The minimum atomic E-state index is -0.0596. The van der Waals surface area contributed by atoms with Crippen molar-refractivity contribution in [2.75, 3.05) is 0 Å². The lowest BCUT2D eigenvalue weighted by Crippen LogP contribution is -2.27. The van der Waals surface area contributed by atoms with Gasteiger partial charge >= 0.3 is 0 Å². The summed E-state index contributed by atoms with van der Waals surface area (Å²) in [6, 6.07) is 11.9. The molecule has 3 aromatic rings. The maximum absolute atomic E-state index is 13.0. The number of aromatic nitrogens is 2. The van der Waals surface area contributed by atoms with E-state index in [0.29, 0.717) is 23.0 Å². The number of rotatable bonds is 3. The summed E-state index contributed by atoms with van der Waals surface area (Å²) in [6.07, 6.45) is 3.58. The van der Waals surface area contributed by atoms with Crippen molar-refractivity contribution in [1.82, 2.24) is 9.97 Å². The van der Waals surface area contributed by atoms with Crippen molar-refractivity contribution >= 4 is 29.0 Å². The van der Waals surface area contributed by atoms with Gasteiger partial charge in [-0.05, 0) is 29.0 Å². The van der Waals surface area contributed by atoms with Crippen molar-refractivity contribution in [2.24, 2.45) is 5.41 Å². The zero-order valence-electron chi connectivity index (χ0n) is 15.3. The average molecular weight is 399 g/mol. The lowest BCUT2D eigenvalue weighted by molar-refractivity contribution is 0.0911. The van der Waals surface area contributed by atoms with Crippen LogP contribution in [0, 0.1) is 5.41 Å². The maximum Gasteiger partial charge on any atom is 0.165 e. The van der Waals surface area contributed by atoms with Crippen LogP contribution in [0.1, 0.15) is 47.4 Å². The first-order valence-corrected chi connectivity index (χ1v) is 9.72. The predicted octanol–water partition coefficient (Wildman–Crippen LogP) is 6.13. The molecule has 0 spiro atoms. The predicted molar refractivity (Wildman–Crippen MR) is 110 cm³/mol. The van der Waals surface area contributed by atoms with Crippen molar-refractivity contribution in [3.05, 3.63) is 75.2 Å². The highest BCUT2D eigenvalue weighted by Crippen LogP contribution is 2.41. The van der Waals surface area contributed by atoms with Crippen LogP contribution in [0.3, 0.4) is 0 Å². The average Bonchev–Trinajstić information content (AvgIpc) is 2.95. The molecule has 0 saturated heterocycles. The molecule has 2 heterocycles. The first-order chi connectivity index (χ1) is 12.8. The Morgan fingerprint density at radius 2 is 1.89 bits per heavy atom. The third-order valence-electron chi connectivity index (χ3n) is 5.07. The second kappa shape index (κ2) is 6.81. The number of ketones is 1. The Balaban J connectivity index is 1.93. The summed E-state index contributed by atoms with van der Waals surface area (Å²) >= 11 is 12.6. The van der Waals surface area contributed by atoms with E-state index in [0.717, 1.165) is 40.1 Å². The van der Waals surface area contributed by atoms with Crippen molar-refractivity contribution < 1.29 is 4.79 Å². The fourth-order valence-corrected chi connectivity index (χ4v) is 4.30. The Bertz CT molecular complexity index is 1020. The Morgan fingerprint density at radius 1 is 1.15 bits per heavy atom. The third kappa shape index (κ3) is 3.54. The zero-order valence-corrected chi connectivity index (χ0v) is 16.8. The molecule has 5 heteroatoms. The molecule has 138 valence electrons. The van der Waals surface area contributed by atoms with E-state index in [1.54, 1.807) is 12.3 Å². The maximum atomic E-state index is 13.0. The van der Waals surface area contributed by atoms with Gasteiger partial charge in [0.25, 0.3) is 0 Å². The molecule has 0 saturated carbocycles. The summed E-state index contributed by atoms with van der Waals surface area (Å²) in [4.78, 5) is 20.6. The molecule has 1 aliphatic carbocycles. The van der Waals surface area contributed by atoms with Crippen molar-refractivity contribution in [3.63, 3.8) is 0 Å². The Morgan fingerprint density at radius 3 is 2.63 bits per heavy atom. The summed E-state index contributed by atoms with van der Waals surface area (Å²) in [5, 5.41) is 0.887. The normalized spacial score (nSPS) is 15.6. The molecule has 0 aliphatic heterocycles. The number of aromatic amines is 1. The molecule has 0 unspecified atom stereocenters. The second-order valence-corrected chi connectivity index (χ2v) is 8.72. The van der Waals surface area contributed by atoms with E-state index in [-0.39, 0.29) is 11.2 Å². The molecule has 0 fully saturated rings. The van der Waals surface area contributed by atoms with E-state index >= 15 is 0 Å². The Kier molecular flexibility index (Phi) is 4.61. The Hall–Kier alpha value is -2.10. The monoisotopic (exact) mass is 398 g/mol. The number of pyridine rings is 1. The lowest BCUT2D eigenvalue weighted by atomic mass is 9.75. The van der Waals surface area contributed by atoms with Gasteiger partial charge in [-0.15, -0.1) is 0 Å². The number of carbonyl (C=O) groups is 1. The molecule has 0 bridgehead atoms. The second-order valence-electron chi connectivity index (χ2n) is 7.92. The highest BCUT2D eigenvalue weighted by atomic mass is 35.5. The van der Waals surface area contributed by atoms with E-state index in [1.807, 2.05) is 18.2 Å². The van der Waals surface area contributed by atoms with E-state index in [4.69, 9.17) is 23.2 Å². The van der Waals surface area contributed by atoms with Gasteiger partial charge in [0, 0.05) is 35.9 Å². The molecule has 1 aliphatic rings. The number of carbonyl (C=O) groups excluding carboxylic acids is 1. The lowest BCUT2D eigenvalue weighted by Gasteiger charge is -2.28. The summed E-state index contributed by atoms with van der Waals surface area (Å²) in [7, 11) is 0. The number of H-pyrrole nitrogens is 1. The molecule has 1 aromatic carbocycles. The molecule has 0 atom stereocenters. The van der Waals surface area contributed by atoms with Crippen molar-refractivity contribution in [2.45, 2.75) is 33.1 Å². The van der Waals surface area contributed by atoms with Crippen LogP contribution in [-0.4, -0.2) is 15.8 Å². The summed E-state index contributed by atoms with van der Waals surface area (Å²) in [5.74, 6) is 0.186. The number of benzene rings is 1. The zero-order chi connectivity index (χ0) is 19.2. The van der Waals surface area contributed by atoms with Crippen LogP contribution < -0.4 is 0 Å². The number of Topliss-reactive ketones (excluding diaryl/α,β-unsaturated/α-hetero) is 1. The van der Waals surface area contributed by atoms with E-state index < -0.39 is 0 Å². The van der Waals surface area contributed by atoms with Gasteiger partial charge in [0.1, 0.15) is 5.15 Å². The van der Waals surface area contributed by atoms with Gasteiger partial charge in [-0.1, -0.05) is 67.4 Å². The number of hydrogen-bond acceptors (Lipinski definition) is 2. The standard InChI is InChI=1S/C22H20Cl2N2O/c1-22(2)10-17-20(18(27)11-22)15(8-13-6-4-3-5-7-13)21(26-17)14-9-19(24)25-12-16(14)23/h3-7,9,12,26H,8,10-11H2,1-2H3. The molecule has 0 radical (unpaired) electrons. The van der Waals surface area contributed by atoms with Crippen LogP contribution in [0.25, 0.3) is 11.3 Å². The van der Waals surface area contributed by atoms with Crippen molar-refractivity contribution in [3.8, 4) is 11.3 Å². The number of nitrogens with one attached hydrogen (secondary N) is 1. The van der Waals surface area contributed by atoms with Gasteiger partial charge in [-0.25, -0.2) is 4.98 Å². The molecule has 4 rings (SSSR count). The number of halogens is 2. The van der Waals surface area contributed by atoms with Gasteiger partial charge in [0.2, 0.25) is 0 Å². The number of hydrogen-bond donors (Lipinski definition) is 1. The van der Waals surface area contributed by atoms with Gasteiger partial charge in [0.15, 0.2) is 5.78 Å². The molecule has 27 heavy (non-hydrogen) atoms. The quantitative estimate of drug-likeness (QED) is 0.539. The Labute approximate surface area is 168 Å². The first kappa shape index (κ1) is 18.3. The van der Waals surface area contributed by atoms with Crippen molar-refractivity contribution in [1.29, 1.82) is 0 Å². The summed E-state index contributed by atoms with van der Waals surface area (Å²) in [6.45, 7) is 4.25. The van der Waals surface area contributed by atoms with Gasteiger partial charge in [-0.2, -0.15) is 0 Å². The molecular weight excluding hydrogens is 379 g/mol. The molecular formula is C22H20Cl2N2O. The minimum absolute atomic E-state index is 0.0596. The van der Waals surface area contributed by atoms with Crippen LogP contribution in [0.2, 0.25) is 10.2 Å². The minimum Gasteiger partial charge on any atom is -0.357 e. The summed E-state index contributed by atoms with van der Waals surface area (Å²) < 4.78 is 0. The fraction of sp³-hybridized carbons (Fsp3) is 0.273. The van der Waals surface area contributed by atoms with Crippen LogP contribution in [0.15, 0.2) is 42.6 Å². The van der Waals surface area contributed by atoms with Gasteiger partial charge < -0.3 is 4.98 Å². The van der Waals surface area contributed by atoms with E-state index in [9.17, 15) is 4.79 Å². The van der Waals surface area contributed by atoms with Crippen LogP contribution >= 0.6 is 23.2 Å². The van der Waals surface area contributed by atoms with E-state index in [2.05, 4.69) is 35.9 Å². The highest BCUT2D eigenvalue weighted by molar-refractivity contribution is 6.34. The van der Waals surface area contributed by atoms with Gasteiger partial charge in [0.05, 0.1) is 10.7 Å². The van der Waals surface area contributed by atoms with Crippen LogP contribution in [0.5, 0.6) is 0 Å². The molecule has 2 aromatic heterocycles. The molecule has 1 N–H and O–H groups in total. The highest BCUT2D eigenvalue weighted by Gasteiger charge is 2.35. The van der Waals surface area contributed by atoms with Crippen LogP contribution in [-0.2, 0) is 12.8 Å². The fourth-order valence-electron chi connectivity index (χ4n) is 3.94. The third-order valence-corrected chi connectivity index (χ3v) is 5.58. The molecule has 0 amide bonds. The number of fused-ring (bicyclic) bond motifs is 1. The number of nitrogens with zero attached hydrogens (tertiary/aromatic N) is 1.